The number of fused-ring (bicyclic) bond motifs is 3. The molecular formula is C32H31N5O5. The van der Waals surface area contributed by atoms with Crippen molar-refractivity contribution in [2.24, 2.45) is 7.05 Å². The number of aromatic carboxylic acids is 1. The number of aryl methyl sites for hydroxylation is 1. The third-order valence-corrected chi connectivity index (χ3v) is 8.01. The Morgan fingerprint density at radius 2 is 1.62 bits per heavy atom. The fourth-order valence-corrected chi connectivity index (χ4v) is 6.00. The summed E-state index contributed by atoms with van der Waals surface area (Å²) in [5.41, 5.74) is 4.00. The van der Waals surface area contributed by atoms with Gasteiger partial charge in [0.1, 0.15) is 17.7 Å². The Kier molecular flexibility index (Phi) is 7.22. The number of carbonyl (C=O) groups excluding carboxylic acids is 2. The summed E-state index contributed by atoms with van der Waals surface area (Å²) in [7, 11) is 1.57. The second kappa shape index (κ2) is 11.1. The van der Waals surface area contributed by atoms with Crippen LogP contribution in [0.5, 0.6) is 0 Å². The summed E-state index contributed by atoms with van der Waals surface area (Å²) >= 11 is 0. The van der Waals surface area contributed by atoms with Crippen molar-refractivity contribution in [2.75, 3.05) is 25.0 Å². The first kappa shape index (κ1) is 27.2. The van der Waals surface area contributed by atoms with Crippen molar-refractivity contribution in [1.82, 2.24) is 20.0 Å². The van der Waals surface area contributed by atoms with E-state index in [2.05, 4.69) is 32.8 Å². The first-order chi connectivity index (χ1) is 20.3. The SMILES string of the molecule is Cn1cc(C(=O)O)c(NC(=O)C2(NC(=O)OCC3c4ccccc4-c4ccccc43)CCN(Cc3ccccc3)C2)n1. The molecule has 0 bridgehead atoms. The number of anilines is 1. The molecule has 1 atom stereocenters. The van der Waals surface area contributed by atoms with E-state index >= 15 is 0 Å². The van der Waals surface area contributed by atoms with Crippen molar-refractivity contribution in [1.29, 1.82) is 0 Å². The van der Waals surface area contributed by atoms with E-state index in [4.69, 9.17) is 4.74 Å². The van der Waals surface area contributed by atoms with Crippen LogP contribution in [0, 0.1) is 0 Å². The summed E-state index contributed by atoms with van der Waals surface area (Å²) in [6, 6.07) is 26.0. The van der Waals surface area contributed by atoms with Gasteiger partial charge in [-0.2, -0.15) is 5.10 Å². The molecule has 3 N–H and O–H groups in total. The number of ether oxygens (including phenoxy) is 1. The number of carboxylic acid groups (broad SMARTS) is 1. The normalized spacial score (nSPS) is 17.8. The van der Waals surface area contributed by atoms with Crippen LogP contribution in [0.1, 0.15) is 39.4 Å². The van der Waals surface area contributed by atoms with Crippen LogP contribution in [0.2, 0.25) is 0 Å². The average Bonchev–Trinajstić information content (AvgIpc) is 3.66. The number of alkyl carbamates (subject to hydrolysis) is 1. The summed E-state index contributed by atoms with van der Waals surface area (Å²) in [6.45, 7) is 1.45. The Bertz CT molecular complexity index is 1610. The number of nitrogens with zero attached hydrogens (tertiary/aromatic N) is 3. The van der Waals surface area contributed by atoms with Gasteiger partial charge in [-0.3, -0.25) is 14.4 Å². The Labute approximate surface area is 242 Å². The topological polar surface area (TPSA) is 126 Å². The number of hydrogen-bond donors (Lipinski definition) is 3. The molecule has 2 heterocycles. The predicted molar refractivity (Wildman–Crippen MR) is 156 cm³/mol. The summed E-state index contributed by atoms with van der Waals surface area (Å²) in [5, 5.41) is 19.2. The molecule has 2 aliphatic rings. The largest absolute Gasteiger partial charge is 0.477 e. The van der Waals surface area contributed by atoms with Crippen LogP contribution in [0.15, 0.2) is 85.1 Å². The van der Waals surface area contributed by atoms with Gasteiger partial charge in [0.05, 0.1) is 0 Å². The molecule has 0 radical (unpaired) electrons. The van der Waals surface area contributed by atoms with Crippen LogP contribution >= 0.6 is 0 Å². The zero-order valence-electron chi connectivity index (χ0n) is 23.1. The van der Waals surface area contributed by atoms with Crippen molar-refractivity contribution in [3.8, 4) is 11.1 Å². The summed E-state index contributed by atoms with van der Waals surface area (Å²) in [6.07, 6.45) is 0.915. The van der Waals surface area contributed by atoms with Crippen LogP contribution in [0.25, 0.3) is 11.1 Å². The number of carbonyl (C=O) groups is 3. The smallest absolute Gasteiger partial charge is 0.408 e. The lowest BCUT2D eigenvalue weighted by molar-refractivity contribution is -0.122. The van der Waals surface area contributed by atoms with Gasteiger partial charge in [-0.1, -0.05) is 78.9 Å². The minimum absolute atomic E-state index is 0.0785. The first-order valence-electron chi connectivity index (χ1n) is 13.8. The van der Waals surface area contributed by atoms with E-state index in [0.717, 1.165) is 27.8 Å². The third-order valence-electron chi connectivity index (χ3n) is 8.01. The van der Waals surface area contributed by atoms with Crippen molar-refractivity contribution in [2.45, 2.75) is 24.4 Å². The highest BCUT2D eigenvalue weighted by Gasteiger charge is 2.47. The second-order valence-electron chi connectivity index (χ2n) is 10.8. The quantitative estimate of drug-likeness (QED) is 0.292. The number of carboxylic acids is 1. The number of benzene rings is 3. The van der Waals surface area contributed by atoms with Gasteiger partial charge in [0.25, 0.3) is 5.91 Å². The molecule has 10 heteroatoms. The molecule has 3 aromatic carbocycles. The molecule has 1 aliphatic carbocycles. The molecule has 42 heavy (non-hydrogen) atoms. The zero-order valence-corrected chi connectivity index (χ0v) is 23.1. The number of amides is 2. The van der Waals surface area contributed by atoms with Crippen LogP contribution < -0.4 is 10.6 Å². The fraction of sp³-hybridized carbons (Fsp3) is 0.250. The number of hydrogen-bond acceptors (Lipinski definition) is 6. The van der Waals surface area contributed by atoms with Gasteiger partial charge in [0.2, 0.25) is 0 Å². The molecule has 1 saturated heterocycles. The van der Waals surface area contributed by atoms with Gasteiger partial charge in [0.15, 0.2) is 5.82 Å². The van der Waals surface area contributed by atoms with Gasteiger partial charge in [-0.25, -0.2) is 9.59 Å². The van der Waals surface area contributed by atoms with E-state index in [9.17, 15) is 19.5 Å². The highest BCUT2D eigenvalue weighted by atomic mass is 16.5. The van der Waals surface area contributed by atoms with Crippen molar-refractivity contribution >= 4 is 23.8 Å². The number of aromatic nitrogens is 2. The second-order valence-corrected chi connectivity index (χ2v) is 10.8. The summed E-state index contributed by atoms with van der Waals surface area (Å²) in [5.74, 6) is -1.97. The molecule has 1 unspecified atom stereocenters. The Hall–Kier alpha value is -4.96. The first-order valence-corrected chi connectivity index (χ1v) is 13.8. The van der Waals surface area contributed by atoms with Crippen molar-refractivity contribution < 1.29 is 24.2 Å². The highest BCUT2D eigenvalue weighted by Crippen LogP contribution is 2.44. The monoisotopic (exact) mass is 565 g/mol. The van der Waals surface area contributed by atoms with Gasteiger partial charge in [-0.05, 0) is 34.2 Å². The average molecular weight is 566 g/mol. The molecule has 0 saturated carbocycles. The molecule has 4 aromatic rings. The molecule has 0 spiro atoms. The van der Waals surface area contributed by atoms with Gasteiger partial charge in [-0.15, -0.1) is 0 Å². The van der Waals surface area contributed by atoms with Gasteiger partial charge in [0, 0.05) is 38.8 Å². The van der Waals surface area contributed by atoms with Crippen molar-refractivity contribution in [3.63, 3.8) is 0 Å². The Balaban J connectivity index is 1.21. The predicted octanol–water partition coefficient (Wildman–Crippen LogP) is 4.24. The Morgan fingerprint density at radius 3 is 2.29 bits per heavy atom. The van der Waals surface area contributed by atoms with E-state index in [0.29, 0.717) is 19.5 Å². The molecule has 1 fully saturated rings. The lowest BCUT2D eigenvalue weighted by Crippen LogP contribution is -2.58. The standard InChI is InChI=1S/C32H31N5O5/c1-36-18-26(29(38)39)28(35-36)33-30(40)32(15-16-37(20-32)17-21-9-3-2-4-10-21)34-31(41)42-19-27-24-13-7-5-11-22(24)23-12-6-8-14-25(23)27/h2-14,18,27H,15-17,19-20H2,1H3,(H,34,41)(H,38,39)(H,33,35,40). The molecule has 1 aliphatic heterocycles. The number of rotatable bonds is 8. The minimum atomic E-state index is -1.36. The third kappa shape index (κ3) is 5.24. The maximum atomic E-state index is 13.8. The van der Waals surface area contributed by atoms with Gasteiger partial charge < -0.3 is 20.5 Å². The number of nitrogens with one attached hydrogen (secondary N) is 2. The molecule has 2 amide bonds. The van der Waals surface area contributed by atoms with E-state index in [1.165, 1.54) is 10.9 Å². The molecular weight excluding hydrogens is 534 g/mol. The lowest BCUT2D eigenvalue weighted by atomic mass is 9.97. The zero-order chi connectivity index (χ0) is 29.3. The highest BCUT2D eigenvalue weighted by molar-refractivity contribution is 6.04. The van der Waals surface area contributed by atoms with Crippen LogP contribution in [0.3, 0.4) is 0 Å². The van der Waals surface area contributed by atoms with E-state index < -0.39 is 23.5 Å². The number of likely N-dealkylation sites (tertiary alicyclic amines) is 1. The van der Waals surface area contributed by atoms with E-state index in [-0.39, 0.29) is 30.5 Å². The van der Waals surface area contributed by atoms with Crippen LogP contribution in [-0.2, 0) is 23.1 Å². The fourth-order valence-electron chi connectivity index (χ4n) is 6.00. The van der Waals surface area contributed by atoms with E-state index in [1.807, 2.05) is 66.7 Å². The molecule has 6 rings (SSSR count). The van der Waals surface area contributed by atoms with E-state index in [1.54, 1.807) is 7.05 Å². The van der Waals surface area contributed by atoms with Gasteiger partial charge >= 0.3 is 12.1 Å². The maximum absolute atomic E-state index is 13.8. The minimum Gasteiger partial charge on any atom is -0.477 e. The summed E-state index contributed by atoms with van der Waals surface area (Å²) in [4.78, 5) is 40.9. The lowest BCUT2D eigenvalue weighted by Gasteiger charge is -2.29. The molecule has 1 aromatic heterocycles. The maximum Gasteiger partial charge on any atom is 0.408 e. The van der Waals surface area contributed by atoms with Crippen LogP contribution in [-0.4, -0.2) is 63.0 Å². The molecule has 10 nitrogen and oxygen atoms in total. The summed E-state index contributed by atoms with van der Waals surface area (Å²) < 4.78 is 7.10. The molecule has 214 valence electrons. The van der Waals surface area contributed by atoms with Crippen LogP contribution in [0.4, 0.5) is 10.6 Å². The van der Waals surface area contributed by atoms with Crippen molar-refractivity contribution in [3.05, 3.63) is 107 Å². The Morgan fingerprint density at radius 1 is 0.976 bits per heavy atom.